The van der Waals surface area contributed by atoms with Crippen LogP contribution in [-0.4, -0.2) is 37.4 Å². The molecule has 0 bridgehead atoms. The third kappa shape index (κ3) is 15.5. The minimum absolute atomic E-state index is 0. The van der Waals surface area contributed by atoms with Gasteiger partial charge in [0.15, 0.2) is 0 Å². The Bertz CT molecular complexity index is 187. The van der Waals surface area contributed by atoms with E-state index in [1.54, 1.807) is 13.8 Å². The topological polar surface area (TPSA) is 98.7 Å². The zero-order chi connectivity index (χ0) is 13.1. The van der Waals surface area contributed by atoms with Gasteiger partial charge in [-0.05, 0) is 27.7 Å². The Balaban J connectivity index is -0.000000218. The molecule has 6 nitrogen and oxygen atoms in total. The monoisotopic (exact) mass is 298 g/mol. The van der Waals surface area contributed by atoms with Gasteiger partial charge in [-0.25, -0.2) is 0 Å². The summed E-state index contributed by atoms with van der Waals surface area (Å²) < 4.78 is 9.28. The molecule has 0 spiro atoms. The maximum absolute atomic E-state index is 9.85. The van der Waals surface area contributed by atoms with E-state index in [0.717, 1.165) is 0 Å². The second-order valence-electron chi connectivity index (χ2n) is 2.83. The van der Waals surface area contributed by atoms with E-state index in [-0.39, 0.29) is 19.5 Å². The van der Waals surface area contributed by atoms with Crippen molar-refractivity contribution in [3.05, 3.63) is 0 Å². The molecular formula is C10H18O6Zn. The van der Waals surface area contributed by atoms with Crippen LogP contribution in [-0.2, 0) is 38.5 Å². The van der Waals surface area contributed by atoms with Crippen molar-refractivity contribution in [2.75, 3.05) is 13.2 Å². The van der Waals surface area contributed by atoms with Crippen LogP contribution in [0.1, 0.15) is 27.7 Å². The molecule has 0 unspecified atom stereocenters. The molecule has 7 heteroatoms. The normalized spacial score (nSPS) is 12.5. The van der Waals surface area contributed by atoms with Crippen LogP contribution in [0.4, 0.5) is 0 Å². The number of hydrogen-bond acceptors (Lipinski definition) is 6. The Labute approximate surface area is 114 Å². The van der Waals surface area contributed by atoms with Gasteiger partial charge in [0, 0.05) is 13.2 Å². The van der Waals surface area contributed by atoms with E-state index in [4.69, 9.17) is 0 Å². The Morgan fingerprint density at radius 2 is 1.18 bits per heavy atom. The SMILES string of the molecule is CCO[C@H](C)C(=O)[O-].CCO[C@H](C)C(=O)[O-].[Zn+2]. The van der Waals surface area contributed by atoms with Gasteiger partial charge in [0.1, 0.15) is 0 Å². The fourth-order valence-corrected chi connectivity index (χ4v) is 0.636. The second kappa shape index (κ2) is 13.5. The standard InChI is InChI=1S/2C5H10O3.Zn/c2*1-3-8-4(2)5(6)7;/h2*4H,3H2,1-2H3,(H,6,7);/q;;+2/p-2/t2*4-;/m11./s1. The summed E-state index contributed by atoms with van der Waals surface area (Å²) in [7, 11) is 0. The predicted octanol–water partition coefficient (Wildman–Crippen LogP) is -1.68. The van der Waals surface area contributed by atoms with E-state index < -0.39 is 24.1 Å². The van der Waals surface area contributed by atoms with Crippen molar-refractivity contribution in [1.29, 1.82) is 0 Å². The first-order valence-corrected chi connectivity index (χ1v) is 5.01. The minimum Gasteiger partial charge on any atom is -0.547 e. The quantitative estimate of drug-likeness (QED) is 0.543. The van der Waals surface area contributed by atoms with Crippen LogP contribution in [0.15, 0.2) is 0 Å². The third-order valence-corrected chi connectivity index (χ3v) is 1.50. The molecule has 0 fully saturated rings. The second-order valence-corrected chi connectivity index (χ2v) is 2.83. The molecule has 0 aromatic heterocycles. The predicted molar refractivity (Wildman–Crippen MR) is 52.2 cm³/mol. The molecule has 17 heavy (non-hydrogen) atoms. The molecule has 0 N–H and O–H groups in total. The molecule has 0 amide bonds. The third-order valence-electron chi connectivity index (χ3n) is 1.50. The Morgan fingerprint density at radius 1 is 0.941 bits per heavy atom. The Kier molecular flexibility index (Phi) is 17.3. The van der Waals surface area contributed by atoms with Crippen LogP contribution in [0.25, 0.3) is 0 Å². The number of hydrogen-bond donors (Lipinski definition) is 0. The Hall–Kier alpha value is -0.517. The summed E-state index contributed by atoms with van der Waals surface area (Å²) in [6.45, 7) is 7.18. The average molecular weight is 300 g/mol. The molecule has 96 valence electrons. The van der Waals surface area contributed by atoms with Crippen molar-refractivity contribution < 1.29 is 48.8 Å². The maximum Gasteiger partial charge on any atom is 2.00 e. The maximum atomic E-state index is 9.85. The molecule has 0 aromatic rings. The van der Waals surface area contributed by atoms with Gasteiger partial charge >= 0.3 is 19.5 Å². The molecule has 0 radical (unpaired) electrons. The molecule has 0 saturated carbocycles. The van der Waals surface area contributed by atoms with Crippen molar-refractivity contribution in [3.8, 4) is 0 Å². The molecule has 2 atom stereocenters. The van der Waals surface area contributed by atoms with Crippen molar-refractivity contribution in [1.82, 2.24) is 0 Å². The van der Waals surface area contributed by atoms with Gasteiger partial charge in [-0.3, -0.25) is 0 Å². The molecule has 0 aliphatic heterocycles. The summed E-state index contributed by atoms with van der Waals surface area (Å²) in [5.74, 6) is -2.32. The summed E-state index contributed by atoms with van der Waals surface area (Å²) in [6.07, 6.45) is -1.56. The van der Waals surface area contributed by atoms with E-state index in [9.17, 15) is 19.8 Å². The fraction of sp³-hybridized carbons (Fsp3) is 0.800. The van der Waals surface area contributed by atoms with Gasteiger partial charge < -0.3 is 29.3 Å². The molecule has 0 aliphatic carbocycles. The molecule has 0 heterocycles. The summed E-state index contributed by atoms with van der Waals surface area (Å²) in [5.41, 5.74) is 0. The number of carbonyl (C=O) groups excluding carboxylic acids is 2. The zero-order valence-electron chi connectivity index (χ0n) is 10.7. The minimum atomic E-state index is -1.16. The van der Waals surface area contributed by atoms with E-state index >= 15 is 0 Å². The van der Waals surface area contributed by atoms with E-state index in [0.29, 0.717) is 13.2 Å². The van der Waals surface area contributed by atoms with Crippen LogP contribution in [0.3, 0.4) is 0 Å². The number of rotatable bonds is 6. The average Bonchev–Trinajstić information content (AvgIpc) is 2.19. The fourth-order valence-electron chi connectivity index (χ4n) is 0.636. The molecular weight excluding hydrogens is 281 g/mol. The van der Waals surface area contributed by atoms with Crippen LogP contribution in [0, 0.1) is 0 Å². The van der Waals surface area contributed by atoms with Gasteiger partial charge in [0.2, 0.25) is 0 Å². The van der Waals surface area contributed by atoms with Gasteiger partial charge in [-0.2, -0.15) is 0 Å². The largest absolute Gasteiger partial charge is 2.00 e. The number of aliphatic carboxylic acids is 2. The first-order chi connectivity index (χ1) is 7.36. The molecule has 0 saturated heterocycles. The van der Waals surface area contributed by atoms with Gasteiger partial charge in [-0.15, -0.1) is 0 Å². The van der Waals surface area contributed by atoms with Crippen molar-refractivity contribution in [2.45, 2.75) is 39.9 Å². The summed E-state index contributed by atoms with van der Waals surface area (Å²) in [4.78, 5) is 19.7. The Morgan fingerprint density at radius 3 is 1.24 bits per heavy atom. The van der Waals surface area contributed by atoms with Crippen molar-refractivity contribution in [2.24, 2.45) is 0 Å². The van der Waals surface area contributed by atoms with Crippen LogP contribution < -0.4 is 10.2 Å². The van der Waals surface area contributed by atoms with Gasteiger partial charge in [0.05, 0.1) is 24.1 Å². The van der Waals surface area contributed by atoms with Gasteiger partial charge in [-0.1, -0.05) is 0 Å². The summed E-state index contributed by atoms with van der Waals surface area (Å²) in [5, 5.41) is 19.7. The summed E-state index contributed by atoms with van der Waals surface area (Å²) >= 11 is 0. The van der Waals surface area contributed by atoms with Gasteiger partial charge in [0.25, 0.3) is 0 Å². The number of carbonyl (C=O) groups is 2. The van der Waals surface area contributed by atoms with E-state index in [1.165, 1.54) is 13.8 Å². The van der Waals surface area contributed by atoms with Crippen molar-refractivity contribution in [3.63, 3.8) is 0 Å². The van der Waals surface area contributed by atoms with Crippen LogP contribution in [0.2, 0.25) is 0 Å². The first-order valence-electron chi connectivity index (χ1n) is 5.01. The number of carboxylic acid groups (broad SMARTS) is 2. The first kappa shape index (κ1) is 21.7. The van der Waals surface area contributed by atoms with Crippen LogP contribution in [0.5, 0.6) is 0 Å². The molecule has 0 aromatic carbocycles. The zero-order valence-corrected chi connectivity index (χ0v) is 13.7. The number of ether oxygens (including phenoxy) is 2. The smallest absolute Gasteiger partial charge is 0.547 e. The van der Waals surface area contributed by atoms with E-state index in [2.05, 4.69) is 9.47 Å². The molecule has 0 rings (SSSR count). The van der Waals surface area contributed by atoms with E-state index in [1.807, 2.05) is 0 Å². The van der Waals surface area contributed by atoms with Crippen LogP contribution >= 0.6 is 0 Å². The molecule has 0 aliphatic rings. The van der Waals surface area contributed by atoms with Crippen molar-refractivity contribution >= 4 is 11.9 Å². The number of carboxylic acids is 2. The summed E-state index contributed by atoms with van der Waals surface area (Å²) in [6, 6.07) is 0.